The molecule has 0 spiro atoms. The maximum Gasteiger partial charge on any atom is 0.0369 e. The Bertz CT molecular complexity index is 427. The minimum Gasteiger partial charge on any atom is -0.371 e. The van der Waals surface area contributed by atoms with Crippen molar-refractivity contribution in [1.29, 1.82) is 0 Å². The quantitative estimate of drug-likeness (QED) is 0.869. The maximum atomic E-state index is 3.41. The van der Waals surface area contributed by atoms with Crippen molar-refractivity contribution >= 4 is 5.69 Å². The molecule has 1 N–H and O–H groups in total. The van der Waals surface area contributed by atoms with E-state index in [2.05, 4.69) is 56.2 Å². The third kappa shape index (κ3) is 3.54. The Morgan fingerprint density at radius 1 is 1.25 bits per heavy atom. The molecule has 2 heteroatoms. The molecule has 20 heavy (non-hydrogen) atoms. The minimum absolute atomic E-state index is 0.711. The Labute approximate surface area is 124 Å². The van der Waals surface area contributed by atoms with Crippen molar-refractivity contribution in [2.45, 2.75) is 59.0 Å². The summed E-state index contributed by atoms with van der Waals surface area (Å²) in [5, 5.41) is 3.41. The maximum absolute atomic E-state index is 3.41. The van der Waals surface area contributed by atoms with Crippen LogP contribution in [0.1, 0.15) is 50.7 Å². The van der Waals surface area contributed by atoms with Gasteiger partial charge in [0.05, 0.1) is 0 Å². The average Bonchev–Trinajstić information content (AvgIpc) is 2.46. The van der Waals surface area contributed by atoms with Crippen molar-refractivity contribution in [2.24, 2.45) is 5.92 Å². The number of hydrogen-bond donors (Lipinski definition) is 1. The van der Waals surface area contributed by atoms with Crippen LogP contribution >= 0.6 is 0 Å². The molecule has 112 valence electrons. The van der Waals surface area contributed by atoms with Crippen molar-refractivity contribution in [2.75, 3.05) is 18.5 Å². The second-order valence-corrected chi connectivity index (χ2v) is 6.33. The summed E-state index contributed by atoms with van der Waals surface area (Å²) >= 11 is 0. The molecule has 1 aromatic carbocycles. The third-order valence-corrected chi connectivity index (χ3v) is 4.86. The summed E-state index contributed by atoms with van der Waals surface area (Å²) in [5.41, 5.74) is 4.20. The van der Waals surface area contributed by atoms with Crippen molar-refractivity contribution in [3.05, 3.63) is 29.3 Å². The van der Waals surface area contributed by atoms with Crippen LogP contribution in [0.25, 0.3) is 0 Å². The summed E-state index contributed by atoms with van der Waals surface area (Å²) in [4.78, 5) is 2.51. The molecule has 0 saturated heterocycles. The zero-order valence-corrected chi connectivity index (χ0v) is 13.6. The van der Waals surface area contributed by atoms with E-state index in [9.17, 15) is 0 Å². The molecule has 0 aromatic heterocycles. The minimum atomic E-state index is 0.711. The zero-order chi connectivity index (χ0) is 14.5. The fraction of sp³-hybridized carbons (Fsp3) is 0.667. The van der Waals surface area contributed by atoms with Gasteiger partial charge < -0.3 is 10.2 Å². The Hall–Kier alpha value is -1.02. The molecule has 1 fully saturated rings. The smallest absolute Gasteiger partial charge is 0.0369 e. The van der Waals surface area contributed by atoms with E-state index in [4.69, 9.17) is 0 Å². The lowest BCUT2D eigenvalue weighted by molar-refractivity contribution is 0.321. The molecule has 1 saturated carbocycles. The number of anilines is 1. The van der Waals surface area contributed by atoms with Gasteiger partial charge in [0.1, 0.15) is 0 Å². The number of nitrogens with one attached hydrogen (secondary N) is 1. The Morgan fingerprint density at radius 3 is 2.65 bits per heavy atom. The van der Waals surface area contributed by atoms with Crippen LogP contribution in [0.2, 0.25) is 0 Å². The largest absolute Gasteiger partial charge is 0.371 e. The summed E-state index contributed by atoms with van der Waals surface area (Å²) in [6.45, 7) is 8.80. The predicted molar refractivity (Wildman–Crippen MR) is 88.4 cm³/mol. The molecular weight excluding hydrogens is 244 g/mol. The van der Waals surface area contributed by atoms with E-state index in [0.29, 0.717) is 6.04 Å². The van der Waals surface area contributed by atoms with Gasteiger partial charge in [-0.05, 0) is 55.5 Å². The molecule has 0 amide bonds. The lowest BCUT2D eigenvalue weighted by atomic mass is 9.85. The van der Waals surface area contributed by atoms with Crippen LogP contribution in [0.15, 0.2) is 18.2 Å². The van der Waals surface area contributed by atoms with Gasteiger partial charge in [-0.3, -0.25) is 0 Å². The van der Waals surface area contributed by atoms with E-state index in [0.717, 1.165) is 19.0 Å². The first-order valence-electron chi connectivity index (χ1n) is 8.16. The highest BCUT2D eigenvalue weighted by Crippen LogP contribution is 2.31. The molecule has 0 radical (unpaired) electrons. The van der Waals surface area contributed by atoms with Crippen molar-refractivity contribution in [1.82, 2.24) is 5.32 Å². The highest BCUT2D eigenvalue weighted by molar-refractivity contribution is 5.51. The van der Waals surface area contributed by atoms with Crippen LogP contribution in [0.5, 0.6) is 0 Å². The Balaban J connectivity index is 2.09. The van der Waals surface area contributed by atoms with Crippen LogP contribution in [0.4, 0.5) is 5.69 Å². The van der Waals surface area contributed by atoms with Crippen LogP contribution < -0.4 is 10.2 Å². The van der Waals surface area contributed by atoms with Gasteiger partial charge in [-0.15, -0.1) is 0 Å². The molecule has 1 aliphatic carbocycles. The SMILES string of the molecule is CCNCc1ccc(N(C)C2CCCCC2C)cc1C. The standard InChI is InChI=1S/C18H30N2/c1-5-19-13-16-10-11-17(12-15(16)3)20(4)18-9-7-6-8-14(18)2/h10-12,14,18-19H,5-9,13H2,1-4H3. The summed E-state index contributed by atoms with van der Waals surface area (Å²) in [7, 11) is 2.27. The normalized spacial score (nSPS) is 22.8. The van der Waals surface area contributed by atoms with Gasteiger partial charge >= 0.3 is 0 Å². The van der Waals surface area contributed by atoms with E-state index in [1.54, 1.807) is 0 Å². The second kappa shape index (κ2) is 7.12. The molecule has 1 aliphatic rings. The van der Waals surface area contributed by atoms with Crippen LogP contribution in [0.3, 0.4) is 0 Å². The van der Waals surface area contributed by atoms with Gasteiger partial charge in [-0.2, -0.15) is 0 Å². The molecule has 0 bridgehead atoms. The van der Waals surface area contributed by atoms with Crippen molar-refractivity contribution < 1.29 is 0 Å². The van der Waals surface area contributed by atoms with Crippen molar-refractivity contribution in [3.63, 3.8) is 0 Å². The van der Waals surface area contributed by atoms with E-state index >= 15 is 0 Å². The van der Waals surface area contributed by atoms with Gasteiger partial charge in [0.15, 0.2) is 0 Å². The van der Waals surface area contributed by atoms with Crippen LogP contribution in [-0.4, -0.2) is 19.6 Å². The summed E-state index contributed by atoms with van der Waals surface area (Å²) in [6.07, 6.45) is 5.52. The fourth-order valence-electron chi connectivity index (χ4n) is 3.42. The van der Waals surface area contributed by atoms with Crippen molar-refractivity contribution in [3.8, 4) is 0 Å². The first-order chi connectivity index (χ1) is 9.63. The monoisotopic (exact) mass is 274 g/mol. The molecule has 2 atom stereocenters. The number of nitrogens with zero attached hydrogens (tertiary/aromatic N) is 1. The third-order valence-electron chi connectivity index (χ3n) is 4.86. The molecule has 2 nitrogen and oxygen atoms in total. The van der Waals surface area contributed by atoms with E-state index < -0.39 is 0 Å². The average molecular weight is 274 g/mol. The van der Waals surface area contributed by atoms with Gasteiger partial charge in [0.2, 0.25) is 0 Å². The topological polar surface area (TPSA) is 15.3 Å². The molecule has 2 rings (SSSR count). The van der Waals surface area contributed by atoms with E-state index in [-0.39, 0.29) is 0 Å². The lowest BCUT2D eigenvalue weighted by Gasteiger charge is -2.38. The van der Waals surface area contributed by atoms with E-state index in [1.165, 1.54) is 42.5 Å². The highest BCUT2D eigenvalue weighted by atomic mass is 15.1. The Kier molecular flexibility index (Phi) is 5.47. The van der Waals surface area contributed by atoms with Gasteiger partial charge in [-0.1, -0.05) is 32.8 Å². The summed E-state index contributed by atoms with van der Waals surface area (Å²) in [5.74, 6) is 0.815. The first-order valence-corrected chi connectivity index (χ1v) is 8.16. The van der Waals surface area contributed by atoms with Gasteiger partial charge in [0, 0.05) is 25.3 Å². The second-order valence-electron chi connectivity index (χ2n) is 6.33. The van der Waals surface area contributed by atoms with Gasteiger partial charge in [-0.25, -0.2) is 0 Å². The number of benzene rings is 1. The van der Waals surface area contributed by atoms with Crippen LogP contribution in [-0.2, 0) is 6.54 Å². The number of hydrogen-bond acceptors (Lipinski definition) is 2. The molecule has 1 aromatic rings. The van der Waals surface area contributed by atoms with E-state index in [1.807, 2.05) is 0 Å². The number of rotatable bonds is 5. The summed E-state index contributed by atoms with van der Waals surface area (Å²) < 4.78 is 0. The summed E-state index contributed by atoms with van der Waals surface area (Å²) in [6, 6.07) is 7.65. The predicted octanol–water partition coefficient (Wildman–Crippen LogP) is 4.12. The molecule has 0 aliphatic heterocycles. The fourth-order valence-corrected chi connectivity index (χ4v) is 3.42. The Morgan fingerprint density at radius 2 is 2.00 bits per heavy atom. The molecular formula is C18H30N2. The first kappa shape index (κ1) is 15.4. The van der Waals surface area contributed by atoms with Gasteiger partial charge in [0.25, 0.3) is 0 Å². The molecule has 2 unspecified atom stereocenters. The highest BCUT2D eigenvalue weighted by Gasteiger charge is 2.25. The van der Waals surface area contributed by atoms with Crippen LogP contribution in [0, 0.1) is 12.8 Å². The zero-order valence-electron chi connectivity index (χ0n) is 13.6. The molecule has 0 heterocycles. The number of aryl methyl sites for hydroxylation is 1. The lowest BCUT2D eigenvalue weighted by Crippen LogP contribution is -2.39.